The van der Waals surface area contributed by atoms with Gasteiger partial charge in [-0.25, -0.2) is 0 Å². The van der Waals surface area contributed by atoms with E-state index in [0.29, 0.717) is 22.7 Å². The van der Waals surface area contributed by atoms with Crippen molar-refractivity contribution in [2.75, 3.05) is 12.4 Å². The first kappa shape index (κ1) is 21.5. The number of carbonyl (C=O) groups is 2. The molecule has 0 aliphatic heterocycles. The van der Waals surface area contributed by atoms with Crippen molar-refractivity contribution in [2.24, 2.45) is 0 Å². The Hall–Kier alpha value is -4.20. The molecule has 0 bridgehead atoms. The largest absolute Gasteiger partial charge is 0.497 e. The van der Waals surface area contributed by atoms with Gasteiger partial charge in [0.25, 0.3) is 11.6 Å². The number of nitrogens with zero attached hydrogens (tertiary/aromatic N) is 1. The van der Waals surface area contributed by atoms with Gasteiger partial charge in [0.1, 0.15) is 11.5 Å². The number of nitro benzene ring substituents is 1. The van der Waals surface area contributed by atoms with Crippen molar-refractivity contribution in [2.45, 2.75) is 13.0 Å². The summed E-state index contributed by atoms with van der Waals surface area (Å²) in [6.45, 7) is 1.66. The molecule has 3 aromatic carbocycles. The van der Waals surface area contributed by atoms with Gasteiger partial charge in [0.05, 0.1) is 12.0 Å². The maximum Gasteiger partial charge on any atom is 0.270 e. The quantitative estimate of drug-likeness (QED) is 0.326. The van der Waals surface area contributed by atoms with Crippen LogP contribution in [0.3, 0.4) is 0 Å². The first-order valence-electron chi connectivity index (χ1n) is 9.38. The van der Waals surface area contributed by atoms with E-state index in [1.165, 1.54) is 24.3 Å². The molecule has 0 heterocycles. The third-order valence-corrected chi connectivity index (χ3v) is 4.49. The molecule has 1 unspecified atom stereocenters. The van der Waals surface area contributed by atoms with Crippen LogP contribution in [0.2, 0.25) is 0 Å². The second-order valence-electron chi connectivity index (χ2n) is 6.64. The van der Waals surface area contributed by atoms with Crippen LogP contribution in [0.4, 0.5) is 11.4 Å². The van der Waals surface area contributed by atoms with Crippen molar-refractivity contribution in [3.8, 4) is 11.5 Å². The van der Waals surface area contributed by atoms with Crippen LogP contribution in [0.15, 0.2) is 72.8 Å². The number of nitro groups is 1. The van der Waals surface area contributed by atoms with Gasteiger partial charge in [-0.3, -0.25) is 19.7 Å². The van der Waals surface area contributed by atoms with Crippen LogP contribution in [0.25, 0.3) is 0 Å². The number of amides is 1. The van der Waals surface area contributed by atoms with Crippen molar-refractivity contribution in [1.82, 2.24) is 0 Å². The fourth-order valence-electron chi connectivity index (χ4n) is 2.83. The Morgan fingerprint density at radius 3 is 2.19 bits per heavy atom. The van der Waals surface area contributed by atoms with E-state index < -0.39 is 16.9 Å². The lowest BCUT2D eigenvalue weighted by Crippen LogP contribution is -2.23. The zero-order valence-electron chi connectivity index (χ0n) is 16.9. The van der Waals surface area contributed by atoms with E-state index in [9.17, 15) is 19.7 Å². The molecule has 0 saturated heterocycles. The molecule has 3 rings (SSSR count). The highest BCUT2D eigenvalue weighted by Gasteiger charge is 2.17. The van der Waals surface area contributed by atoms with Crippen molar-refractivity contribution in [1.29, 1.82) is 0 Å². The molecule has 1 atom stereocenters. The summed E-state index contributed by atoms with van der Waals surface area (Å²) in [4.78, 5) is 35.1. The Morgan fingerprint density at radius 1 is 0.935 bits per heavy atom. The Balaban J connectivity index is 1.61. The molecule has 0 aliphatic carbocycles. The second kappa shape index (κ2) is 9.53. The number of nitrogens with one attached hydrogen (secondary N) is 1. The van der Waals surface area contributed by atoms with Crippen LogP contribution in [-0.4, -0.2) is 29.8 Å². The molecule has 0 aliphatic rings. The van der Waals surface area contributed by atoms with Crippen LogP contribution in [0, 0.1) is 10.1 Å². The maximum atomic E-state index is 12.5. The predicted molar refractivity (Wildman–Crippen MR) is 115 cm³/mol. The van der Waals surface area contributed by atoms with Gasteiger partial charge in [0.15, 0.2) is 6.10 Å². The zero-order valence-corrected chi connectivity index (χ0v) is 16.9. The topological polar surface area (TPSA) is 108 Å². The fraction of sp³-hybridized carbons (Fsp3) is 0.130. The average molecular weight is 420 g/mol. The highest BCUT2D eigenvalue weighted by atomic mass is 16.6. The first-order valence-corrected chi connectivity index (χ1v) is 9.38. The molecular weight excluding hydrogens is 400 g/mol. The number of Topliss-reactive ketones (excluding diaryl/α,β-unsaturated/α-hetero) is 1. The SMILES string of the molecule is COc1ccc(C(=O)C(C)Oc2ccc(NC(=O)c3cccc([N+](=O)[O-])c3)cc2)cc1. The molecule has 158 valence electrons. The van der Waals surface area contributed by atoms with Crippen LogP contribution < -0.4 is 14.8 Å². The number of benzene rings is 3. The van der Waals surface area contributed by atoms with Crippen molar-refractivity contribution in [3.05, 3.63) is 94.0 Å². The Kier molecular flexibility index (Phi) is 6.61. The molecule has 0 saturated carbocycles. The zero-order chi connectivity index (χ0) is 22.4. The minimum atomic E-state index is -0.710. The molecule has 8 heteroatoms. The van der Waals surface area contributed by atoms with E-state index in [1.54, 1.807) is 62.6 Å². The number of hydrogen-bond donors (Lipinski definition) is 1. The summed E-state index contributed by atoms with van der Waals surface area (Å²) in [6.07, 6.45) is -0.710. The molecule has 0 spiro atoms. The van der Waals surface area contributed by atoms with E-state index in [-0.39, 0.29) is 17.0 Å². The highest BCUT2D eigenvalue weighted by Crippen LogP contribution is 2.20. The van der Waals surface area contributed by atoms with E-state index in [1.807, 2.05) is 0 Å². The molecule has 0 fully saturated rings. The summed E-state index contributed by atoms with van der Waals surface area (Å²) >= 11 is 0. The highest BCUT2D eigenvalue weighted by molar-refractivity contribution is 6.04. The van der Waals surface area contributed by atoms with Gasteiger partial charge in [0, 0.05) is 28.9 Å². The average Bonchev–Trinajstić information content (AvgIpc) is 2.80. The van der Waals surface area contributed by atoms with E-state index in [4.69, 9.17) is 9.47 Å². The van der Waals surface area contributed by atoms with Crippen LogP contribution in [-0.2, 0) is 0 Å². The molecule has 0 aromatic heterocycles. The fourth-order valence-corrected chi connectivity index (χ4v) is 2.83. The molecule has 8 nitrogen and oxygen atoms in total. The van der Waals surface area contributed by atoms with E-state index >= 15 is 0 Å². The summed E-state index contributed by atoms with van der Waals surface area (Å²) in [7, 11) is 1.55. The third kappa shape index (κ3) is 5.45. The lowest BCUT2D eigenvalue weighted by molar-refractivity contribution is -0.384. The standard InChI is InChI=1S/C23H20N2O6/c1-15(22(26)16-6-10-20(30-2)11-7-16)31-21-12-8-18(9-13-21)24-23(27)17-4-3-5-19(14-17)25(28)29/h3-15H,1-2H3,(H,24,27). The molecule has 31 heavy (non-hydrogen) atoms. The number of carbonyl (C=O) groups excluding carboxylic acids is 2. The molecule has 0 radical (unpaired) electrons. The maximum absolute atomic E-state index is 12.5. The summed E-state index contributed by atoms with van der Waals surface area (Å²) in [5.74, 6) is 0.474. The lowest BCUT2D eigenvalue weighted by Gasteiger charge is -2.14. The van der Waals surface area contributed by atoms with Gasteiger partial charge in [-0.15, -0.1) is 0 Å². The number of methoxy groups -OCH3 is 1. The van der Waals surface area contributed by atoms with Crippen molar-refractivity contribution >= 4 is 23.1 Å². The lowest BCUT2D eigenvalue weighted by atomic mass is 10.1. The number of non-ortho nitro benzene ring substituents is 1. The Labute approximate surface area is 178 Å². The number of ether oxygens (including phenoxy) is 2. The second-order valence-corrected chi connectivity index (χ2v) is 6.64. The number of hydrogen-bond acceptors (Lipinski definition) is 6. The number of anilines is 1. The molecular formula is C23H20N2O6. The minimum Gasteiger partial charge on any atom is -0.497 e. The van der Waals surface area contributed by atoms with Crippen molar-refractivity contribution in [3.63, 3.8) is 0 Å². The van der Waals surface area contributed by atoms with E-state index in [2.05, 4.69) is 5.32 Å². The minimum absolute atomic E-state index is 0.160. The van der Waals surface area contributed by atoms with Gasteiger partial charge < -0.3 is 14.8 Å². The van der Waals surface area contributed by atoms with Gasteiger partial charge in [0.2, 0.25) is 5.78 Å². The monoisotopic (exact) mass is 420 g/mol. The normalized spacial score (nSPS) is 11.3. The Morgan fingerprint density at radius 2 is 1.58 bits per heavy atom. The smallest absolute Gasteiger partial charge is 0.270 e. The summed E-state index contributed by atoms with van der Waals surface area (Å²) in [5, 5.41) is 13.5. The Bertz CT molecular complexity index is 1090. The van der Waals surface area contributed by atoms with E-state index in [0.717, 1.165) is 0 Å². The number of ketones is 1. The van der Waals surface area contributed by atoms with Gasteiger partial charge in [-0.1, -0.05) is 6.07 Å². The summed E-state index contributed by atoms with van der Waals surface area (Å²) < 4.78 is 10.8. The molecule has 1 amide bonds. The summed E-state index contributed by atoms with van der Waals surface area (Å²) in [6, 6.07) is 18.7. The van der Waals surface area contributed by atoms with Gasteiger partial charge >= 0.3 is 0 Å². The number of rotatable bonds is 8. The molecule has 3 aromatic rings. The van der Waals surface area contributed by atoms with Gasteiger partial charge in [-0.05, 0) is 61.5 Å². The van der Waals surface area contributed by atoms with Crippen molar-refractivity contribution < 1.29 is 24.0 Å². The van der Waals surface area contributed by atoms with Crippen LogP contribution >= 0.6 is 0 Å². The predicted octanol–water partition coefficient (Wildman–Crippen LogP) is 4.51. The van der Waals surface area contributed by atoms with Gasteiger partial charge in [-0.2, -0.15) is 0 Å². The summed E-state index contributed by atoms with van der Waals surface area (Å²) in [5.41, 5.74) is 1.01. The third-order valence-electron chi connectivity index (χ3n) is 4.49. The van der Waals surface area contributed by atoms with Crippen LogP contribution in [0.5, 0.6) is 11.5 Å². The van der Waals surface area contributed by atoms with Crippen LogP contribution in [0.1, 0.15) is 27.6 Å². The molecule has 1 N–H and O–H groups in total. The first-order chi connectivity index (χ1) is 14.9.